The molecule has 8 heteroatoms. The van der Waals surface area contributed by atoms with Gasteiger partial charge < -0.3 is 14.0 Å². The molecule has 0 unspecified atom stereocenters. The Morgan fingerprint density at radius 3 is 2.41 bits per heavy atom. The van der Waals surface area contributed by atoms with E-state index in [1.807, 2.05) is 48.5 Å². The van der Waals surface area contributed by atoms with Crippen LogP contribution in [0, 0.1) is 6.92 Å². The summed E-state index contributed by atoms with van der Waals surface area (Å²) in [5, 5.41) is 9.08. The number of hydrogen-bond donors (Lipinski definition) is 1. The van der Waals surface area contributed by atoms with E-state index in [1.165, 1.54) is 0 Å². The van der Waals surface area contributed by atoms with Gasteiger partial charge in [0.2, 0.25) is 17.5 Å². The topological polar surface area (TPSA) is 93.6 Å². The number of aromatic amines is 1. The Labute approximate surface area is 161 Å². The molecule has 1 N–H and O–H groups in total. The molecule has 0 bridgehead atoms. The molecule has 5 aromatic rings. The van der Waals surface area contributed by atoms with Crippen molar-refractivity contribution < 1.29 is 9.05 Å². The summed E-state index contributed by atoms with van der Waals surface area (Å²) in [6.45, 7) is 1.76. The summed E-state index contributed by atoms with van der Waals surface area (Å²) in [7, 11) is 0. The van der Waals surface area contributed by atoms with E-state index in [-0.39, 0.29) is 0 Å². The maximum Gasteiger partial charge on any atom is 0.258 e. The Balaban J connectivity index is 1.45. The van der Waals surface area contributed by atoms with Gasteiger partial charge in [-0.3, -0.25) is 0 Å². The first-order valence-electron chi connectivity index (χ1n) is 8.19. The maximum absolute atomic E-state index is 5.43. The maximum atomic E-state index is 5.43. The Bertz CT molecular complexity index is 1250. The highest BCUT2D eigenvalue weighted by atomic mass is 79.9. The molecule has 5 rings (SSSR count). The molecule has 0 saturated heterocycles. The Hall–Kier alpha value is -3.26. The van der Waals surface area contributed by atoms with E-state index in [2.05, 4.69) is 41.2 Å². The summed E-state index contributed by atoms with van der Waals surface area (Å²) < 4.78 is 11.5. The van der Waals surface area contributed by atoms with Crippen LogP contribution in [0.5, 0.6) is 0 Å². The van der Waals surface area contributed by atoms with Crippen LogP contribution in [-0.4, -0.2) is 25.3 Å². The van der Waals surface area contributed by atoms with Crippen molar-refractivity contribution in [3.05, 3.63) is 58.9 Å². The molecule has 3 aromatic heterocycles. The van der Waals surface area contributed by atoms with E-state index in [0.717, 1.165) is 32.2 Å². The van der Waals surface area contributed by atoms with Crippen molar-refractivity contribution in [2.45, 2.75) is 6.92 Å². The molecule has 2 aromatic carbocycles. The number of hydrogen-bond acceptors (Lipinski definition) is 6. The van der Waals surface area contributed by atoms with Crippen LogP contribution in [0.15, 0.2) is 62.0 Å². The number of aromatic nitrogens is 5. The molecule has 0 spiro atoms. The van der Waals surface area contributed by atoms with Crippen molar-refractivity contribution in [1.29, 1.82) is 0 Å². The van der Waals surface area contributed by atoms with Gasteiger partial charge in [-0.05, 0) is 36.4 Å². The lowest BCUT2D eigenvalue weighted by Crippen LogP contribution is -1.83. The number of aryl methyl sites for hydroxylation is 1. The van der Waals surface area contributed by atoms with E-state index in [0.29, 0.717) is 23.4 Å². The van der Waals surface area contributed by atoms with E-state index in [4.69, 9.17) is 9.05 Å². The van der Waals surface area contributed by atoms with Crippen LogP contribution in [0.1, 0.15) is 5.89 Å². The van der Waals surface area contributed by atoms with Gasteiger partial charge in [0, 0.05) is 33.4 Å². The van der Waals surface area contributed by atoms with Gasteiger partial charge in [-0.2, -0.15) is 9.97 Å². The molecule has 0 aliphatic heterocycles. The minimum absolute atomic E-state index is 0.445. The molecule has 0 aliphatic rings. The first-order chi connectivity index (χ1) is 13.2. The summed E-state index contributed by atoms with van der Waals surface area (Å²) in [6, 6.07) is 15.6. The lowest BCUT2D eigenvalue weighted by molar-refractivity contribution is 0.394. The fourth-order valence-corrected chi connectivity index (χ4v) is 3.23. The zero-order valence-electron chi connectivity index (χ0n) is 14.1. The largest absolute Gasteiger partial charge is 0.352 e. The van der Waals surface area contributed by atoms with Gasteiger partial charge in [-0.1, -0.05) is 38.4 Å². The Kier molecular flexibility index (Phi) is 3.64. The average molecular weight is 422 g/mol. The minimum atomic E-state index is 0.445. The smallest absolute Gasteiger partial charge is 0.258 e. The summed E-state index contributed by atoms with van der Waals surface area (Å²) in [5.41, 5.74) is 3.49. The summed E-state index contributed by atoms with van der Waals surface area (Å²) in [5.74, 6) is 2.03. The average Bonchev–Trinajstić information content (AvgIpc) is 3.40. The number of nitrogens with one attached hydrogen (secondary N) is 1. The minimum Gasteiger partial charge on any atom is -0.352 e. The Morgan fingerprint density at radius 2 is 1.63 bits per heavy atom. The lowest BCUT2D eigenvalue weighted by Gasteiger charge is -1.96. The second kappa shape index (κ2) is 6.17. The first kappa shape index (κ1) is 16.0. The Morgan fingerprint density at radius 1 is 0.852 bits per heavy atom. The molecule has 0 fully saturated rings. The quantitative estimate of drug-likeness (QED) is 0.440. The van der Waals surface area contributed by atoms with E-state index in [9.17, 15) is 0 Å². The number of H-pyrrole nitrogens is 1. The van der Waals surface area contributed by atoms with Crippen LogP contribution in [0.25, 0.3) is 45.3 Å². The van der Waals surface area contributed by atoms with E-state index >= 15 is 0 Å². The highest BCUT2D eigenvalue weighted by Crippen LogP contribution is 2.27. The van der Waals surface area contributed by atoms with Gasteiger partial charge in [-0.15, -0.1) is 0 Å². The molecule has 0 atom stereocenters. The van der Waals surface area contributed by atoms with Crippen molar-refractivity contribution in [2.75, 3.05) is 0 Å². The van der Waals surface area contributed by atoms with Crippen LogP contribution >= 0.6 is 15.9 Å². The van der Waals surface area contributed by atoms with Crippen molar-refractivity contribution in [1.82, 2.24) is 25.3 Å². The number of fused-ring (bicyclic) bond motifs is 1. The summed E-state index contributed by atoms with van der Waals surface area (Å²) in [6.07, 6.45) is 0. The summed E-state index contributed by atoms with van der Waals surface area (Å²) >= 11 is 3.48. The molecular formula is C19H12BrN5O2. The zero-order chi connectivity index (χ0) is 18.4. The van der Waals surface area contributed by atoms with E-state index < -0.39 is 0 Å². The fraction of sp³-hybridized carbons (Fsp3) is 0.0526. The standard InChI is InChI=1S/C19H12BrN5O2/c1-10-21-17(24-26-10)11-2-4-12(5-3-11)19-23-18(25-27-19)16-9-13-8-14(20)6-7-15(13)22-16/h2-9,22H,1H3. The van der Waals surface area contributed by atoms with Crippen molar-refractivity contribution in [3.63, 3.8) is 0 Å². The lowest BCUT2D eigenvalue weighted by atomic mass is 10.1. The van der Waals surface area contributed by atoms with Crippen LogP contribution in [0.3, 0.4) is 0 Å². The highest BCUT2D eigenvalue weighted by molar-refractivity contribution is 9.10. The number of rotatable bonds is 3. The van der Waals surface area contributed by atoms with Gasteiger partial charge >= 0.3 is 0 Å². The van der Waals surface area contributed by atoms with Crippen LogP contribution in [0.4, 0.5) is 0 Å². The number of nitrogens with zero attached hydrogens (tertiary/aromatic N) is 4. The third kappa shape index (κ3) is 2.93. The molecule has 0 aliphatic carbocycles. The van der Waals surface area contributed by atoms with Crippen molar-refractivity contribution in [2.24, 2.45) is 0 Å². The van der Waals surface area contributed by atoms with Crippen LogP contribution < -0.4 is 0 Å². The van der Waals surface area contributed by atoms with Crippen LogP contribution in [-0.2, 0) is 0 Å². The second-order valence-electron chi connectivity index (χ2n) is 6.05. The molecule has 3 heterocycles. The second-order valence-corrected chi connectivity index (χ2v) is 6.97. The van der Waals surface area contributed by atoms with Crippen molar-refractivity contribution >= 4 is 26.8 Å². The third-order valence-corrected chi connectivity index (χ3v) is 4.66. The highest BCUT2D eigenvalue weighted by Gasteiger charge is 2.14. The molecule has 0 amide bonds. The van der Waals surface area contributed by atoms with Crippen molar-refractivity contribution in [3.8, 4) is 34.4 Å². The number of halogens is 1. The zero-order valence-corrected chi connectivity index (χ0v) is 15.7. The van der Waals surface area contributed by atoms with Crippen LogP contribution in [0.2, 0.25) is 0 Å². The van der Waals surface area contributed by atoms with E-state index in [1.54, 1.807) is 6.92 Å². The van der Waals surface area contributed by atoms with Gasteiger partial charge in [0.1, 0.15) is 0 Å². The fourth-order valence-electron chi connectivity index (χ4n) is 2.85. The predicted molar refractivity (Wildman–Crippen MR) is 103 cm³/mol. The normalized spacial score (nSPS) is 11.3. The molecule has 0 radical (unpaired) electrons. The monoisotopic (exact) mass is 421 g/mol. The predicted octanol–water partition coefficient (Wildman–Crippen LogP) is 5.01. The number of benzene rings is 2. The molecule has 132 valence electrons. The SMILES string of the molecule is Cc1nc(-c2ccc(-c3nc(-c4cc5cc(Br)ccc5[nH]4)no3)cc2)no1. The molecule has 27 heavy (non-hydrogen) atoms. The van der Waals surface area contributed by atoms with Gasteiger partial charge in [0.25, 0.3) is 5.89 Å². The molecular weight excluding hydrogens is 410 g/mol. The third-order valence-electron chi connectivity index (χ3n) is 4.17. The van der Waals surface area contributed by atoms with Gasteiger partial charge in [0.15, 0.2) is 0 Å². The van der Waals surface area contributed by atoms with Gasteiger partial charge in [0.05, 0.1) is 5.69 Å². The summed E-state index contributed by atoms with van der Waals surface area (Å²) in [4.78, 5) is 12.0. The first-order valence-corrected chi connectivity index (χ1v) is 8.98. The molecule has 0 saturated carbocycles. The molecule has 7 nitrogen and oxygen atoms in total. The van der Waals surface area contributed by atoms with Gasteiger partial charge in [-0.25, -0.2) is 0 Å².